The van der Waals surface area contributed by atoms with Crippen molar-refractivity contribution < 1.29 is 14.2 Å². The number of aryl methyl sites for hydroxylation is 2. The maximum atomic E-state index is 6.34. The van der Waals surface area contributed by atoms with Crippen LogP contribution >= 0.6 is 0 Å². The van der Waals surface area contributed by atoms with E-state index < -0.39 is 0 Å². The van der Waals surface area contributed by atoms with Crippen LogP contribution in [0.1, 0.15) is 12.1 Å². The number of hydrogen-bond acceptors (Lipinski definition) is 5. The number of aromatic nitrogens is 3. The van der Waals surface area contributed by atoms with E-state index in [1.165, 1.54) is 10.8 Å². The van der Waals surface area contributed by atoms with Gasteiger partial charge < -0.3 is 18.8 Å². The van der Waals surface area contributed by atoms with Crippen molar-refractivity contribution in [3.8, 4) is 23.0 Å². The van der Waals surface area contributed by atoms with Gasteiger partial charge in [0.15, 0.2) is 11.5 Å². The number of hydrogen-bond donors (Lipinski definition) is 0. The third-order valence-corrected chi connectivity index (χ3v) is 6.50. The van der Waals surface area contributed by atoms with E-state index >= 15 is 0 Å². The van der Waals surface area contributed by atoms with Crippen molar-refractivity contribution in [1.82, 2.24) is 14.5 Å². The minimum atomic E-state index is 0.564. The molecule has 3 heterocycles. The van der Waals surface area contributed by atoms with Gasteiger partial charge in [-0.05, 0) is 48.4 Å². The minimum Gasteiger partial charge on any atom is -0.493 e. The summed E-state index contributed by atoms with van der Waals surface area (Å²) < 4.78 is 20.3. The van der Waals surface area contributed by atoms with Crippen LogP contribution in [0.4, 0.5) is 0 Å². The van der Waals surface area contributed by atoms with E-state index in [1.54, 1.807) is 13.3 Å². The summed E-state index contributed by atoms with van der Waals surface area (Å²) in [5.74, 6) is 2.71. The summed E-state index contributed by atoms with van der Waals surface area (Å²) in [6, 6.07) is 24.1. The van der Waals surface area contributed by atoms with Gasteiger partial charge in [-0.15, -0.1) is 0 Å². The molecule has 0 fully saturated rings. The van der Waals surface area contributed by atoms with Gasteiger partial charge in [-0.1, -0.05) is 42.5 Å². The first-order chi connectivity index (χ1) is 18.2. The molecule has 0 amide bonds. The molecule has 0 spiro atoms. The van der Waals surface area contributed by atoms with Crippen LogP contribution in [0, 0.1) is 6.92 Å². The van der Waals surface area contributed by atoms with Gasteiger partial charge in [-0.2, -0.15) is 0 Å². The number of rotatable bonds is 8. The summed E-state index contributed by atoms with van der Waals surface area (Å²) in [5.41, 5.74) is 2.54. The van der Waals surface area contributed by atoms with Crippen molar-refractivity contribution in [2.45, 2.75) is 19.9 Å². The van der Waals surface area contributed by atoms with Gasteiger partial charge in [0, 0.05) is 42.0 Å². The second-order valence-corrected chi connectivity index (χ2v) is 9.02. The molecule has 0 aliphatic heterocycles. The molecule has 0 radical (unpaired) electrons. The molecule has 0 aliphatic carbocycles. The lowest BCUT2D eigenvalue weighted by Crippen LogP contribution is -2.04. The Bertz CT molecular complexity index is 1690. The van der Waals surface area contributed by atoms with Crippen molar-refractivity contribution in [2.75, 3.05) is 13.7 Å². The Kier molecular flexibility index (Phi) is 6.06. The lowest BCUT2D eigenvalue weighted by atomic mass is 10.1. The average Bonchev–Trinajstić information content (AvgIpc) is 3.34. The first kappa shape index (κ1) is 22.9. The number of methoxy groups -OCH3 is 1. The van der Waals surface area contributed by atoms with Crippen LogP contribution in [-0.2, 0) is 6.54 Å². The molecule has 0 N–H and O–H groups in total. The van der Waals surface area contributed by atoms with E-state index in [4.69, 9.17) is 14.2 Å². The average molecular weight is 490 g/mol. The van der Waals surface area contributed by atoms with E-state index in [-0.39, 0.29) is 0 Å². The highest BCUT2D eigenvalue weighted by atomic mass is 16.5. The molecule has 3 aromatic carbocycles. The summed E-state index contributed by atoms with van der Waals surface area (Å²) in [7, 11) is 1.65. The zero-order valence-corrected chi connectivity index (χ0v) is 20.8. The number of fused-ring (bicyclic) bond motifs is 3. The van der Waals surface area contributed by atoms with E-state index in [2.05, 4.69) is 51.2 Å². The van der Waals surface area contributed by atoms with Crippen LogP contribution in [-0.4, -0.2) is 28.3 Å². The fourth-order valence-electron chi connectivity index (χ4n) is 4.60. The number of para-hydroxylation sites is 1. The van der Waals surface area contributed by atoms with Gasteiger partial charge in [0.2, 0.25) is 0 Å². The second kappa shape index (κ2) is 9.82. The molecule has 0 atom stereocenters. The normalized spacial score (nSPS) is 11.3. The molecule has 0 saturated heterocycles. The van der Waals surface area contributed by atoms with Gasteiger partial charge in [-0.3, -0.25) is 4.98 Å². The predicted molar refractivity (Wildman–Crippen MR) is 147 cm³/mol. The molecule has 6 nitrogen and oxygen atoms in total. The molecular formula is C31H27N3O3. The Balaban J connectivity index is 1.21. The molecule has 6 rings (SSSR count). The maximum absolute atomic E-state index is 6.34. The lowest BCUT2D eigenvalue weighted by Gasteiger charge is -2.15. The summed E-state index contributed by atoms with van der Waals surface area (Å²) in [5, 5.41) is 4.37. The summed E-state index contributed by atoms with van der Waals surface area (Å²) in [4.78, 5) is 9.25. The van der Waals surface area contributed by atoms with Crippen LogP contribution in [0.25, 0.3) is 32.6 Å². The first-order valence-corrected chi connectivity index (χ1v) is 12.4. The van der Waals surface area contributed by atoms with Crippen molar-refractivity contribution in [3.05, 3.63) is 97.1 Å². The molecule has 37 heavy (non-hydrogen) atoms. The van der Waals surface area contributed by atoms with E-state index in [0.29, 0.717) is 29.6 Å². The standard InChI is InChI=1S/C31H27N3O3/c1-21-29(16-22-8-5-6-11-26(22)33-21)37-28-12-13-32-27-18-31(30(35-2)17-25(27)28)36-15-7-14-34-19-23-9-3-4-10-24(23)20-34/h3-6,8-13,16-20H,7,14-15H2,1-2H3. The highest BCUT2D eigenvalue weighted by molar-refractivity contribution is 5.89. The van der Waals surface area contributed by atoms with Gasteiger partial charge in [0.05, 0.1) is 30.4 Å². The monoisotopic (exact) mass is 489 g/mol. The van der Waals surface area contributed by atoms with E-state index in [0.717, 1.165) is 40.5 Å². The zero-order valence-electron chi connectivity index (χ0n) is 20.8. The van der Waals surface area contributed by atoms with Crippen molar-refractivity contribution >= 4 is 32.6 Å². The Labute approximate surface area is 215 Å². The largest absolute Gasteiger partial charge is 0.493 e. The summed E-state index contributed by atoms with van der Waals surface area (Å²) in [6.45, 7) is 3.39. The third kappa shape index (κ3) is 4.66. The smallest absolute Gasteiger partial charge is 0.163 e. The van der Waals surface area contributed by atoms with Crippen LogP contribution in [0.15, 0.2) is 91.4 Å². The van der Waals surface area contributed by atoms with E-state index in [1.807, 2.05) is 55.5 Å². The summed E-state index contributed by atoms with van der Waals surface area (Å²) >= 11 is 0. The molecule has 6 aromatic rings. The zero-order chi connectivity index (χ0) is 25.2. The Morgan fingerprint density at radius 3 is 2.30 bits per heavy atom. The molecule has 0 bridgehead atoms. The Morgan fingerprint density at radius 2 is 1.51 bits per heavy atom. The van der Waals surface area contributed by atoms with Gasteiger partial charge in [0.1, 0.15) is 11.5 Å². The number of pyridine rings is 2. The molecule has 6 heteroatoms. The van der Waals surface area contributed by atoms with Gasteiger partial charge in [0.25, 0.3) is 0 Å². The molecule has 0 saturated carbocycles. The van der Waals surface area contributed by atoms with Crippen molar-refractivity contribution in [2.24, 2.45) is 0 Å². The highest BCUT2D eigenvalue weighted by Crippen LogP contribution is 2.38. The van der Waals surface area contributed by atoms with Crippen LogP contribution < -0.4 is 14.2 Å². The highest BCUT2D eigenvalue weighted by Gasteiger charge is 2.14. The molecule has 184 valence electrons. The molecule has 0 unspecified atom stereocenters. The predicted octanol–water partition coefficient (Wildman–Crippen LogP) is 7.32. The lowest BCUT2D eigenvalue weighted by molar-refractivity contribution is 0.283. The van der Waals surface area contributed by atoms with Crippen LogP contribution in [0.5, 0.6) is 23.0 Å². The van der Waals surface area contributed by atoms with E-state index in [9.17, 15) is 0 Å². The number of ether oxygens (including phenoxy) is 3. The van der Waals surface area contributed by atoms with Crippen LogP contribution in [0.2, 0.25) is 0 Å². The first-order valence-electron chi connectivity index (χ1n) is 12.4. The van der Waals surface area contributed by atoms with Crippen molar-refractivity contribution in [1.29, 1.82) is 0 Å². The minimum absolute atomic E-state index is 0.564. The Hall–Kier alpha value is -4.58. The molecule has 3 aromatic heterocycles. The quantitative estimate of drug-likeness (QED) is 0.210. The fraction of sp³-hybridized carbons (Fsp3) is 0.161. The van der Waals surface area contributed by atoms with Crippen molar-refractivity contribution in [3.63, 3.8) is 0 Å². The SMILES string of the molecule is COc1cc2c(Oc3cc4ccccc4nc3C)ccnc2cc1OCCCn1cc2ccccc2c1. The number of nitrogens with zero attached hydrogens (tertiary/aromatic N) is 3. The topological polar surface area (TPSA) is 58.4 Å². The Morgan fingerprint density at radius 1 is 0.757 bits per heavy atom. The molecular weight excluding hydrogens is 462 g/mol. The maximum Gasteiger partial charge on any atom is 0.163 e. The second-order valence-electron chi connectivity index (χ2n) is 9.02. The number of benzene rings is 3. The fourth-order valence-corrected chi connectivity index (χ4v) is 4.60. The van der Waals surface area contributed by atoms with Gasteiger partial charge >= 0.3 is 0 Å². The van der Waals surface area contributed by atoms with Gasteiger partial charge in [-0.25, -0.2) is 4.98 Å². The molecule has 0 aliphatic rings. The van der Waals surface area contributed by atoms with Crippen LogP contribution in [0.3, 0.4) is 0 Å². The summed E-state index contributed by atoms with van der Waals surface area (Å²) in [6.07, 6.45) is 6.95. The third-order valence-electron chi connectivity index (χ3n) is 6.50.